The molecule has 20 heavy (non-hydrogen) atoms. The van der Waals surface area contributed by atoms with Crippen molar-refractivity contribution in [1.82, 2.24) is 9.78 Å². The van der Waals surface area contributed by atoms with Crippen molar-refractivity contribution in [2.75, 3.05) is 0 Å². The van der Waals surface area contributed by atoms with Crippen LogP contribution in [0.2, 0.25) is 0 Å². The first-order chi connectivity index (χ1) is 9.60. The summed E-state index contributed by atoms with van der Waals surface area (Å²) in [7, 11) is 2.00. The summed E-state index contributed by atoms with van der Waals surface area (Å²) in [5, 5.41) is 4.38. The molecule has 3 heteroatoms. The van der Waals surface area contributed by atoms with Crippen molar-refractivity contribution in [2.24, 2.45) is 42.4 Å². The van der Waals surface area contributed by atoms with Crippen molar-refractivity contribution >= 4 is 0 Å². The van der Waals surface area contributed by atoms with Crippen LogP contribution in [0, 0.1) is 29.6 Å². The van der Waals surface area contributed by atoms with Crippen molar-refractivity contribution in [1.29, 1.82) is 0 Å². The highest BCUT2D eigenvalue weighted by Gasteiger charge is 2.54. The van der Waals surface area contributed by atoms with E-state index in [9.17, 15) is 0 Å². The first-order valence-electron chi connectivity index (χ1n) is 8.38. The molecule has 3 nitrogen and oxygen atoms in total. The molecule has 4 bridgehead atoms. The van der Waals surface area contributed by atoms with Crippen molar-refractivity contribution in [3.63, 3.8) is 0 Å². The number of aryl methyl sites for hydroxylation is 1. The van der Waals surface area contributed by atoms with E-state index >= 15 is 0 Å². The van der Waals surface area contributed by atoms with Gasteiger partial charge in [0.1, 0.15) is 0 Å². The van der Waals surface area contributed by atoms with E-state index in [2.05, 4.69) is 18.2 Å². The molecule has 0 aromatic carbocycles. The molecule has 5 rings (SSSR count). The average Bonchev–Trinajstić information content (AvgIpc) is 2.84. The Kier molecular flexibility index (Phi) is 2.79. The third-order valence-electron chi connectivity index (χ3n) is 6.65. The molecule has 110 valence electrons. The van der Waals surface area contributed by atoms with Crippen molar-refractivity contribution in [3.8, 4) is 0 Å². The minimum absolute atomic E-state index is 0.156. The zero-order valence-electron chi connectivity index (χ0n) is 12.8. The van der Waals surface area contributed by atoms with Gasteiger partial charge >= 0.3 is 0 Å². The summed E-state index contributed by atoms with van der Waals surface area (Å²) in [6, 6.07) is 0. The van der Waals surface area contributed by atoms with Crippen LogP contribution in [-0.4, -0.2) is 9.78 Å². The van der Waals surface area contributed by atoms with E-state index in [1.807, 2.05) is 17.9 Å². The van der Waals surface area contributed by atoms with E-state index in [1.54, 1.807) is 0 Å². The standard InChI is InChI=1S/C17H27N3/c1-3-17(18,15-9-19-20(2)10-15)16-13-5-11-4-12(7-13)8-14(16)6-11/h9-14,16H,3-8,18H2,1-2H3. The lowest BCUT2D eigenvalue weighted by Gasteiger charge is -2.59. The van der Waals surface area contributed by atoms with Crippen LogP contribution in [0.5, 0.6) is 0 Å². The van der Waals surface area contributed by atoms with Gasteiger partial charge in [0.15, 0.2) is 0 Å². The molecular formula is C17H27N3. The third-order valence-corrected chi connectivity index (χ3v) is 6.65. The monoisotopic (exact) mass is 273 g/mol. The number of aromatic nitrogens is 2. The molecule has 4 aliphatic carbocycles. The summed E-state index contributed by atoms with van der Waals surface area (Å²) in [4.78, 5) is 0. The number of rotatable bonds is 3. The van der Waals surface area contributed by atoms with Crippen molar-refractivity contribution in [2.45, 2.75) is 51.0 Å². The maximum atomic E-state index is 7.00. The predicted molar refractivity (Wildman–Crippen MR) is 79.9 cm³/mol. The maximum Gasteiger partial charge on any atom is 0.0540 e. The molecule has 0 radical (unpaired) electrons. The lowest BCUT2D eigenvalue weighted by molar-refractivity contribution is -0.0725. The number of nitrogens with zero attached hydrogens (tertiary/aromatic N) is 2. The van der Waals surface area contributed by atoms with E-state index in [4.69, 9.17) is 5.73 Å². The topological polar surface area (TPSA) is 43.8 Å². The fraction of sp³-hybridized carbons (Fsp3) is 0.824. The Morgan fingerprint density at radius 2 is 1.80 bits per heavy atom. The normalized spacial score (nSPS) is 41.9. The maximum absolute atomic E-state index is 7.00. The van der Waals surface area contributed by atoms with Crippen molar-refractivity contribution < 1.29 is 0 Å². The highest BCUT2D eigenvalue weighted by atomic mass is 15.2. The summed E-state index contributed by atoms with van der Waals surface area (Å²) >= 11 is 0. The highest BCUT2D eigenvalue weighted by molar-refractivity contribution is 5.22. The second-order valence-corrected chi connectivity index (χ2v) is 7.75. The zero-order chi connectivity index (χ0) is 13.9. The van der Waals surface area contributed by atoms with Crippen molar-refractivity contribution in [3.05, 3.63) is 18.0 Å². The lowest BCUT2D eigenvalue weighted by atomic mass is 9.47. The molecule has 1 aromatic heterocycles. The van der Waals surface area contributed by atoms with Gasteiger partial charge in [0.25, 0.3) is 0 Å². The first-order valence-corrected chi connectivity index (χ1v) is 8.38. The quantitative estimate of drug-likeness (QED) is 0.920. The molecule has 2 N–H and O–H groups in total. The van der Waals surface area contributed by atoms with Gasteiger partial charge in [0.2, 0.25) is 0 Å². The van der Waals surface area contributed by atoms with Crippen LogP contribution in [0.15, 0.2) is 12.4 Å². The largest absolute Gasteiger partial charge is 0.321 e. The second-order valence-electron chi connectivity index (χ2n) is 7.75. The first kappa shape index (κ1) is 12.9. The molecule has 4 aliphatic rings. The van der Waals surface area contributed by atoms with E-state index in [0.717, 1.165) is 30.1 Å². The molecule has 1 atom stereocenters. The summed E-state index contributed by atoms with van der Waals surface area (Å²) in [5.41, 5.74) is 8.11. The van der Waals surface area contributed by atoms with Gasteiger partial charge in [-0.05, 0) is 68.1 Å². The second kappa shape index (κ2) is 4.33. The fourth-order valence-electron chi connectivity index (χ4n) is 6.06. The molecule has 1 aromatic rings. The van der Waals surface area contributed by atoms with Crippen LogP contribution in [0.3, 0.4) is 0 Å². The fourth-order valence-corrected chi connectivity index (χ4v) is 6.06. The number of nitrogens with two attached hydrogens (primary N) is 1. The van der Waals surface area contributed by atoms with Crippen LogP contribution in [0.1, 0.15) is 51.0 Å². The Bertz CT molecular complexity index is 478. The molecular weight excluding hydrogens is 246 g/mol. The SMILES string of the molecule is CCC(N)(c1cnn(C)c1)C1C2CC3CC(C2)CC1C3. The highest BCUT2D eigenvalue weighted by Crippen LogP contribution is 2.60. The molecule has 1 unspecified atom stereocenters. The van der Waals surface area contributed by atoms with Crippen LogP contribution in [-0.2, 0) is 12.6 Å². The van der Waals surface area contributed by atoms with Gasteiger partial charge in [-0.3, -0.25) is 4.68 Å². The summed E-state index contributed by atoms with van der Waals surface area (Å²) in [5.74, 6) is 4.46. The van der Waals surface area contributed by atoms with Crippen LogP contribution >= 0.6 is 0 Å². The van der Waals surface area contributed by atoms with Gasteiger partial charge in [0, 0.05) is 24.3 Å². The minimum atomic E-state index is -0.156. The lowest BCUT2D eigenvalue weighted by Crippen LogP contribution is -2.57. The predicted octanol–water partition coefficient (Wildman–Crippen LogP) is 3.06. The van der Waals surface area contributed by atoms with Crippen LogP contribution in [0.4, 0.5) is 0 Å². The molecule has 1 heterocycles. The molecule has 4 fully saturated rings. The van der Waals surface area contributed by atoms with Gasteiger partial charge < -0.3 is 5.73 Å². The molecule has 0 aliphatic heterocycles. The van der Waals surface area contributed by atoms with Gasteiger partial charge in [-0.1, -0.05) is 6.92 Å². The van der Waals surface area contributed by atoms with Gasteiger partial charge in [-0.2, -0.15) is 5.10 Å². The number of hydrogen-bond donors (Lipinski definition) is 1. The minimum Gasteiger partial charge on any atom is -0.321 e. The Labute approximate surface area is 121 Å². The summed E-state index contributed by atoms with van der Waals surface area (Å²) < 4.78 is 1.91. The average molecular weight is 273 g/mol. The van der Waals surface area contributed by atoms with E-state index in [0.29, 0.717) is 5.92 Å². The molecule has 0 saturated heterocycles. The third kappa shape index (κ3) is 1.71. The van der Waals surface area contributed by atoms with E-state index in [-0.39, 0.29) is 5.54 Å². The smallest absolute Gasteiger partial charge is 0.0540 e. The Morgan fingerprint density at radius 1 is 1.20 bits per heavy atom. The van der Waals surface area contributed by atoms with Crippen LogP contribution < -0.4 is 5.73 Å². The zero-order valence-corrected chi connectivity index (χ0v) is 12.8. The van der Waals surface area contributed by atoms with Gasteiger partial charge in [0.05, 0.1) is 6.20 Å². The Balaban J connectivity index is 1.71. The van der Waals surface area contributed by atoms with E-state index < -0.39 is 0 Å². The summed E-state index contributed by atoms with van der Waals surface area (Å²) in [6.45, 7) is 2.26. The Hall–Kier alpha value is -0.830. The van der Waals surface area contributed by atoms with Crippen LogP contribution in [0.25, 0.3) is 0 Å². The van der Waals surface area contributed by atoms with E-state index in [1.165, 1.54) is 37.7 Å². The molecule has 0 amide bonds. The summed E-state index contributed by atoms with van der Waals surface area (Å²) in [6.07, 6.45) is 12.5. The molecule has 4 saturated carbocycles. The Morgan fingerprint density at radius 3 is 2.25 bits per heavy atom. The number of hydrogen-bond acceptors (Lipinski definition) is 2. The van der Waals surface area contributed by atoms with Gasteiger partial charge in [-0.25, -0.2) is 0 Å². The van der Waals surface area contributed by atoms with Gasteiger partial charge in [-0.15, -0.1) is 0 Å². The molecule has 0 spiro atoms.